The molecule has 0 saturated carbocycles. The van der Waals surface area contributed by atoms with Gasteiger partial charge in [0.05, 0.1) is 22.8 Å². The lowest BCUT2D eigenvalue weighted by atomic mass is 10.1. The van der Waals surface area contributed by atoms with Crippen molar-refractivity contribution in [2.75, 3.05) is 5.32 Å². The molecule has 6 aromatic rings. The largest absolute Gasteiger partial charge is 0.489 e. The lowest BCUT2D eigenvalue weighted by Gasteiger charge is -2.08. The zero-order chi connectivity index (χ0) is 32.9. The predicted molar refractivity (Wildman–Crippen MR) is 183 cm³/mol. The summed E-state index contributed by atoms with van der Waals surface area (Å²) in [7, 11) is 1.73. The SMILES string of the molecule is Cc1c(NC(=O)C(C#N)=Cc2cn(-c3ccccc3)nc2-c2ccc(OCc3ccc(Cl)cc3)cc2)c(=O)n(-c2ccccc2)n1C. The Bertz CT molecular complexity index is 2170. The maximum Gasteiger partial charge on any atom is 0.295 e. The third-order valence-electron chi connectivity index (χ3n) is 7.67. The zero-order valence-corrected chi connectivity index (χ0v) is 26.3. The van der Waals surface area contributed by atoms with E-state index in [-0.39, 0.29) is 11.3 Å². The van der Waals surface area contributed by atoms with Crippen LogP contribution in [0.15, 0.2) is 126 Å². The summed E-state index contributed by atoms with van der Waals surface area (Å²) in [6.45, 7) is 2.11. The highest BCUT2D eigenvalue weighted by Crippen LogP contribution is 2.28. The number of carbonyl (C=O) groups is 1. The van der Waals surface area contributed by atoms with Crippen LogP contribution in [0.5, 0.6) is 5.75 Å². The Labute approximate surface area is 276 Å². The lowest BCUT2D eigenvalue weighted by Crippen LogP contribution is -2.23. The van der Waals surface area contributed by atoms with Crippen LogP contribution in [0, 0.1) is 18.3 Å². The molecule has 47 heavy (non-hydrogen) atoms. The van der Waals surface area contributed by atoms with Crippen LogP contribution in [0.2, 0.25) is 5.02 Å². The van der Waals surface area contributed by atoms with Crippen LogP contribution in [0.4, 0.5) is 5.69 Å². The van der Waals surface area contributed by atoms with Crippen LogP contribution in [-0.4, -0.2) is 25.1 Å². The summed E-state index contributed by atoms with van der Waals surface area (Å²) in [6, 6.07) is 35.5. The van der Waals surface area contributed by atoms with E-state index in [2.05, 4.69) is 5.32 Å². The third kappa shape index (κ3) is 6.64. The number of amides is 1. The van der Waals surface area contributed by atoms with Gasteiger partial charge in [-0.15, -0.1) is 0 Å². The maximum atomic E-state index is 13.5. The zero-order valence-electron chi connectivity index (χ0n) is 25.6. The Morgan fingerprint density at radius 2 is 1.57 bits per heavy atom. The van der Waals surface area contributed by atoms with Crippen molar-refractivity contribution < 1.29 is 9.53 Å². The van der Waals surface area contributed by atoms with Crippen molar-refractivity contribution in [2.24, 2.45) is 7.05 Å². The second kappa shape index (κ2) is 13.5. The quantitative estimate of drug-likeness (QED) is 0.134. The van der Waals surface area contributed by atoms with E-state index in [4.69, 9.17) is 21.4 Å². The first kappa shape index (κ1) is 30.9. The van der Waals surface area contributed by atoms with Crippen LogP contribution in [0.3, 0.4) is 0 Å². The number of hydrogen-bond acceptors (Lipinski definition) is 5. The first-order valence-electron chi connectivity index (χ1n) is 14.7. The van der Waals surface area contributed by atoms with Gasteiger partial charge in [-0.05, 0) is 79.2 Å². The van der Waals surface area contributed by atoms with E-state index in [1.807, 2.05) is 103 Å². The van der Waals surface area contributed by atoms with Crippen LogP contribution < -0.4 is 15.6 Å². The fraction of sp³-hybridized carbons (Fsp3) is 0.0811. The molecule has 0 aliphatic heterocycles. The molecule has 4 aromatic carbocycles. The standard InChI is InChI=1S/C37H29ClN6O3/c1-25-34(37(46)44(42(25)2)32-11-7-4-8-12-32)40-36(45)28(22-39)21-29-23-43(31-9-5-3-6-10-31)41-35(29)27-15-19-33(20-16-27)47-24-26-13-17-30(38)18-14-26/h3-21,23H,24H2,1-2H3,(H,40,45). The molecule has 2 heterocycles. The van der Waals surface area contributed by atoms with Gasteiger partial charge in [-0.2, -0.15) is 10.4 Å². The number of rotatable bonds is 9. The van der Waals surface area contributed by atoms with Gasteiger partial charge in [0.25, 0.3) is 11.5 Å². The molecule has 1 amide bonds. The highest BCUT2D eigenvalue weighted by Gasteiger charge is 2.21. The van der Waals surface area contributed by atoms with E-state index in [0.29, 0.717) is 40.0 Å². The number of halogens is 1. The van der Waals surface area contributed by atoms with Gasteiger partial charge in [0.2, 0.25) is 0 Å². The molecule has 9 nitrogen and oxygen atoms in total. The average Bonchev–Trinajstić information content (AvgIpc) is 3.62. The first-order chi connectivity index (χ1) is 22.8. The normalized spacial score (nSPS) is 11.2. The highest BCUT2D eigenvalue weighted by molar-refractivity contribution is 6.30. The Hall–Kier alpha value is -6.11. The van der Waals surface area contributed by atoms with E-state index < -0.39 is 11.5 Å². The molecular formula is C37H29ClN6O3. The van der Waals surface area contributed by atoms with Crippen molar-refractivity contribution in [1.29, 1.82) is 5.26 Å². The molecule has 0 atom stereocenters. The molecule has 0 fully saturated rings. The molecule has 0 unspecified atom stereocenters. The summed E-state index contributed by atoms with van der Waals surface area (Å²) in [4.78, 5) is 26.9. The molecule has 0 aliphatic carbocycles. The number of nitrogens with one attached hydrogen (secondary N) is 1. The Morgan fingerprint density at radius 3 is 2.21 bits per heavy atom. The molecule has 0 spiro atoms. The number of benzene rings is 4. The Kier molecular flexibility index (Phi) is 8.86. The molecule has 232 valence electrons. The number of nitrogens with zero attached hydrogens (tertiary/aromatic N) is 5. The topological polar surface area (TPSA) is 107 Å². The molecular weight excluding hydrogens is 612 g/mol. The maximum absolute atomic E-state index is 13.5. The van der Waals surface area contributed by atoms with E-state index in [9.17, 15) is 14.9 Å². The van der Waals surface area contributed by atoms with Gasteiger partial charge in [0, 0.05) is 29.4 Å². The minimum Gasteiger partial charge on any atom is -0.489 e. The number of ether oxygens (including phenoxy) is 1. The average molecular weight is 641 g/mol. The van der Waals surface area contributed by atoms with Gasteiger partial charge in [-0.3, -0.25) is 14.3 Å². The summed E-state index contributed by atoms with van der Waals surface area (Å²) >= 11 is 5.99. The van der Waals surface area contributed by atoms with Gasteiger partial charge < -0.3 is 10.1 Å². The number of hydrogen-bond donors (Lipinski definition) is 1. The van der Waals surface area contributed by atoms with Gasteiger partial charge in [-0.1, -0.05) is 60.1 Å². The Morgan fingerprint density at radius 1 is 0.936 bits per heavy atom. The van der Waals surface area contributed by atoms with Crippen molar-refractivity contribution in [3.63, 3.8) is 0 Å². The molecule has 2 aromatic heterocycles. The van der Waals surface area contributed by atoms with Crippen LogP contribution in [-0.2, 0) is 18.4 Å². The predicted octanol–water partition coefficient (Wildman–Crippen LogP) is 7.12. The summed E-state index contributed by atoms with van der Waals surface area (Å²) in [5, 5.41) is 18.2. The molecule has 0 bridgehead atoms. The fourth-order valence-corrected chi connectivity index (χ4v) is 5.21. The number of nitriles is 1. The molecule has 0 radical (unpaired) electrons. The molecule has 1 N–H and O–H groups in total. The number of aromatic nitrogens is 4. The van der Waals surface area contributed by atoms with Crippen LogP contribution in [0.1, 0.15) is 16.8 Å². The van der Waals surface area contributed by atoms with Gasteiger partial charge >= 0.3 is 0 Å². The second-order valence-electron chi connectivity index (χ2n) is 10.7. The van der Waals surface area contributed by atoms with Crippen molar-refractivity contribution in [3.05, 3.63) is 153 Å². The fourth-order valence-electron chi connectivity index (χ4n) is 5.08. The summed E-state index contributed by atoms with van der Waals surface area (Å²) < 4.78 is 10.8. The van der Waals surface area contributed by atoms with Crippen LogP contribution >= 0.6 is 11.6 Å². The number of para-hydroxylation sites is 2. The molecule has 0 aliphatic rings. The lowest BCUT2D eigenvalue weighted by molar-refractivity contribution is -0.112. The third-order valence-corrected chi connectivity index (χ3v) is 7.92. The summed E-state index contributed by atoms with van der Waals surface area (Å²) in [5.41, 5.74) is 4.35. The van der Waals surface area contributed by atoms with E-state index in [1.165, 1.54) is 10.8 Å². The van der Waals surface area contributed by atoms with E-state index in [0.717, 1.165) is 16.8 Å². The van der Waals surface area contributed by atoms with E-state index in [1.54, 1.807) is 41.7 Å². The van der Waals surface area contributed by atoms with E-state index >= 15 is 0 Å². The Balaban J connectivity index is 1.31. The number of anilines is 1. The van der Waals surface area contributed by atoms with Gasteiger partial charge in [-0.25, -0.2) is 9.36 Å². The van der Waals surface area contributed by atoms with Crippen molar-refractivity contribution in [2.45, 2.75) is 13.5 Å². The summed E-state index contributed by atoms with van der Waals surface area (Å²) in [6.07, 6.45) is 3.24. The number of carbonyl (C=O) groups excluding carboxylic acids is 1. The molecule has 6 rings (SSSR count). The van der Waals surface area contributed by atoms with Gasteiger partial charge in [0.15, 0.2) is 0 Å². The first-order valence-corrected chi connectivity index (χ1v) is 15.1. The van der Waals surface area contributed by atoms with Gasteiger partial charge in [0.1, 0.15) is 29.7 Å². The minimum absolute atomic E-state index is 0.0943. The minimum atomic E-state index is -0.706. The van der Waals surface area contributed by atoms with Crippen molar-refractivity contribution in [3.8, 4) is 34.5 Å². The smallest absolute Gasteiger partial charge is 0.295 e. The summed E-state index contributed by atoms with van der Waals surface area (Å²) in [5.74, 6) is -0.0392. The second-order valence-corrected chi connectivity index (χ2v) is 11.1. The van der Waals surface area contributed by atoms with Crippen molar-refractivity contribution >= 4 is 29.3 Å². The highest BCUT2D eigenvalue weighted by atomic mass is 35.5. The monoisotopic (exact) mass is 640 g/mol. The van der Waals surface area contributed by atoms with Crippen LogP contribution in [0.25, 0.3) is 28.7 Å². The molecule has 0 saturated heterocycles. The molecule has 10 heteroatoms. The van der Waals surface area contributed by atoms with Crippen molar-refractivity contribution in [1.82, 2.24) is 19.1 Å².